The van der Waals surface area contributed by atoms with Crippen LogP contribution < -0.4 is 15.4 Å². The van der Waals surface area contributed by atoms with E-state index < -0.39 is 0 Å². The van der Waals surface area contributed by atoms with Crippen LogP contribution in [0.15, 0.2) is 36.4 Å². The highest BCUT2D eigenvalue weighted by Gasteiger charge is 2.15. The Hall–Kier alpha value is -2.56. The number of aryl methyl sites for hydroxylation is 1. The van der Waals surface area contributed by atoms with Gasteiger partial charge in [0.25, 0.3) is 0 Å². The Morgan fingerprint density at radius 2 is 2.15 bits per heavy atom. The van der Waals surface area contributed by atoms with E-state index in [4.69, 9.17) is 4.74 Å². The summed E-state index contributed by atoms with van der Waals surface area (Å²) in [6.45, 7) is 0. The van der Waals surface area contributed by atoms with Crippen molar-refractivity contribution in [3.8, 4) is 11.6 Å². The SMILES string of the molecule is CNc1cccc(Oc2ccc3c(c2)CCC(=O)N3)n1. The number of rotatable bonds is 3. The minimum atomic E-state index is 0.0644. The van der Waals surface area contributed by atoms with Crippen LogP contribution in [0.4, 0.5) is 11.5 Å². The number of ether oxygens (including phenoxy) is 1. The third-order valence-electron chi connectivity index (χ3n) is 3.17. The van der Waals surface area contributed by atoms with Crippen LogP contribution in [0.2, 0.25) is 0 Å². The predicted molar refractivity (Wildman–Crippen MR) is 77.3 cm³/mol. The van der Waals surface area contributed by atoms with E-state index in [2.05, 4.69) is 15.6 Å². The molecule has 0 saturated carbocycles. The van der Waals surface area contributed by atoms with E-state index in [1.54, 1.807) is 0 Å². The van der Waals surface area contributed by atoms with E-state index in [9.17, 15) is 4.79 Å². The molecule has 0 atom stereocenters. The Morgan fingerprint density at radius 1 is 1.25 bits per heavy atom. The summed E-state index contributed by atoms with van der Waals surface area (Å²) >= 11 is 0. The van der Waals surface area contributed by atoms with Crippen LogP contribution >= 0.6 is 0 Å². The summed E-state index contributed by atoms with van der Waals surface area (Å²) in [5, 5.41) is 5.82. The fourth-order valence-electron chi connectivity index (χ4n) is 2.15. The Bertz CT molecular complexity index is 655. The topological polar surface area (TPSA) is 63.2 Å². The third-order valence-corrected chi connectivity index (χ3v) is 3.17. The summed E-state index contributed by atoms with van der Waals surface area (Å²) in [7, 11) is 1.81. The molecule has 0 radical (unpaired) electrons. The second-order valence-corrected chi connectivity index (χ2v) is 4.58. The van der Waals surface area contributed by atoms with Crippen molar-refractivity contribution in [2.24, 2.45) is 0 Å². The van der Waals surface area contributed by atoms with Crippen LogP contribution in [0.1, 0.15) is 12.0 Å². The van der Waals surface area contributed by atoms with Crippen molar-refractivity contribution < 1.29 is 9.53 Å². The van der Waals surface area contributed by atoms with Gasteiger partial charge in [0.2, 0.25) is 11.8 Å². The number of benzene rings is 1. The van der Waals surface area contributed by atoms with E-state index in [-0.39, 0.29) is 5.91 Å². The Balaban J connectivity index is 1.82. The first-order chi connectivity index (χ1) is 9.74. The normalized spacial score (nSPS) is 13.3. The molecule has 1 amide bonds. The highest BCUT2D eigenvalue weighted by atomic mass is 16.5. The van der Waals surface area contributed by atoms with Gasteiger partial charge in [-0.25, -0.2) is 0 Å². The highest BCUT2D eigenvalue weighted by molar-refractivity contribution is 5.94. The van der Waals surface area contributed by atoms with E-state index in [1.165, 1.54) is 0 Å². The van der Waals surface area contributed by atoms with Crippen LogP contribution in [0.25, 0.3) is 0 Å². The van der Waals surface area contributed by atoms with Gasteiger partial charge < -0.3 is 15.4 Å². The molecule has 2 heterocycles. The van der Waals surface area contributed by atoms with E-state index in [0.717, 1.165) is 29.2 Å². The van der Waals surface area contributed by atoms with Gasteiger partial charge in [-0.1, -0.05) is 6.07 Å². The monoisotopic (exact) mass is 269 g/mol. The van der Waals surface area contributed by atoms with Crippen LogP contribution in [-0.4, -0.2) is 17.9 Å². The molecular formula is C15H15N3O2. The number of aromatic nitrogens is 1. The van der Waals surface area contributed by atoms with E-state index >= 15 is 0 Å². The summed E-state index contributed by atoms with van der Waals surface area (Å²) in [6, 6.07) is 11.2. The Labute approximate surface area is 117 Å². The molecule has 0 fully saturated rings. The predicted octanol–water partition coefficient (Wildman–Crippen LogP) is 2.80. The van der Waals surface area contributed by atoms with Gasteiger partial charge in [-0.3, -0.25) is 4.79 Å². The van der Waals surface area contributed by atoms with Gasteiger partial charge in [0.1, 0.15) is 11.6 Å². The second-order valence-electron chi connectivity index (χ2n) is 4.58. The van der Waals surface area contributed by atoms with Crippen molar-refractivity contribution in [2.75, 3.05) is 17.7 Å². The number of pyridine rings is 1. The molecule has 3 rings (SSSR count). The number of hydrogen-bond donors (Lipinski definition) is 2. The number of amides is 1. The lowest BCUT2D eigenvalue weighted by Crippen LogP contribution is -2.18. The smallest absolute Gasteiger partial charge is 0.224 e. The summed E-state index contributed by atoms with van der Waals surface area (Å²) in [5.74, 6) is 2.08. The molecular weight excluding hydrogens is 254 g/mol. The summed E-state index contributed by atoms with van der Waals surface area (Å²) in [5.41, 5.74) is 1.96. The maximum Gasteiger partial charge on any atom is 0.224 e. The van der Waals surface area contributed by atoms with Gasteiger partial charge in [-0.2, -0.15) is 4.98 Å². The second kappa shape index (κ2) is 5.21. The average Bonchev–Trinajstić information content (AvgIpc) is 2.47. The molecule has 0 bridgehead atoms. The van der Waals surface area contributed by atoms with Crippen LogP contribution in [0, 0.1) is 0 Å². The molecule has 5 nitrogen and oxygen atoms in total. The number of anilines is 2. The van der Waals surface area contributed by atoms with Crippen LogP contribution in [-0.2, 0) is 11.2 Å². The van der Waals surface area contributed by atoms with Crippen molar-refractivity contribution in [3.05, 3.63) is 42.0 Å². The first-order valence-electron chi connectivity index (χ1n) is 6.50. The van der Waals surface area contributed by atoms with E-state index in [0.29, 0.717) is 12.3 Å². The van der Waals surface area contributed by atoms with Crippen molar-refractivity contribution in [3.63, 3.8) is 0 Å². The molecule has 2 aromatic rings. The number of hydrogen-bond acceptors (Lipinski definition) is 4. The first kappa shape index (κ1) is 12.5. The molecule has 0 unspecified atom stereocenters. The van der Waals surface area contributed by atoms with Crippen molar-refractivity contribution in [1.29, 1.82) is 0 Å². The lowest BCUT2D eigenvalue weighted by atomic mass is 10.0. The molecule has 1 aromatic carbocycles. The Morgan fingerprint density at radius 3 is 3.00 bits per heavy atom. The molecule has 1 aliphatic rings. The standard InChI is InChI=1S/C15H15N3O2/c1-16-13-3-2-4-15(18-13)20-11-6-7-12-10(9-11)5-8-14(19)17-12/h2-4,6-7,9H,5,8H2,1H3,(H,16,18)(H,17,19). The number of fused-ring (bicyclic) bond motifs is 1. The van der Waals surface area contributed by atoms with E-state index in [1.807, 2.05) is 43.4 Å². The van der Waals surface area contributed by atoms with Crippen LogP contribution in [0.3, 0.4) is 0 Å². The molecule has 1 aliphatic heterocycles. The van der Waals surface area contributed by atoms with Crippen molar-refractivity contribution in [1.82, 2.24) is 4.98 Å². The lowest BCUT2D eigenvalue weighted by Gasteiger charge is -2.17. The molecule has 1 aromatic heterocycles. The molecule has 102 valence electrons. The van der Waals surface area contributed by atoms with Gasteiger partial charge >= 0.3 is 0 Å². The fraction of sp³-hybridized carbons (Fsp3) is 0.200. The zero-order valence-electron chi connectivity index (χ0n) is 11.1. The number of nitrogens with one attached hydrogen (secondary N) is 2. The Kier molecular flexibility index (Phi) is 3.25. The summed E-state index contributed by atoms with van der Waals surface area (Å²) in [4.78, 5) is 15.6. The number of nitrogens with zero attached hydrogens (tertiary/aromatic N) is 1. The average molecular weight is 269 g/mol. The minimum absolute atomic E-state index is 0.0644. The minimum Gasteiger partial charge on any atom is -0.439 e. The molecule has 0 aliphatic carbocycles. The highest BCUT2D eigenvalue weighted by Crippen LogP contribution is 2.29. The molecule has 2 N–H and O–H groups in total. The maximum absolute atomic E-state index is 11.3. The third kappa shape index (κ3) is 2.56. The summed E-state index contributed by atoms with van der Waals surface area (Å²) < 4.78 is 5.75. The van der Waals surface area contributed by atoms with Crippen LogP contribution in [0.5, 0.6) is 11.6 Å². The first-order valence-corrected chi connectivity index (χ1v) is 6.50. The largest absolute Gasteiger partial charge is 0.439 e. The van der Waals surface area contributed by atoms with Gasteiger partial charge in [-0.05, 0) is 36.2 Å². The number of carbonyl (C=O) groups is 1. The van der Waals surface area contributed by atoms with Crippen molar-refractivity contribution >= 4 is 17.4 Å². The van der Waals surface area contributed by atoms with Gasteiger partial charge in [0.15, 0.2) is 0 Å². The summed E-state index contributed by atoms with van der Waals surface area (Å²) in [6.07, 6.45) is 1.26. The number of carbonyl (C=O) groups excluding carboxylic acids is 1. The van der Waals surface area contributed by atoms with Gasteiger partial charge in [-0.15, -0.1) is 0 Å². The zero-order valence-corrected chi connectivity index (χ0v) is 11.1. The molecule has 0 spiro atoms. The lowest BCUT2D eigenvalue weighted by molar-refractivity contribution is -0.116. The maximum atomic E-state index is 11.3. The zero-order chi connectivity index (χ0) is 13.9. The molecule has 0 saturated heterocycles. The molecule has 5 heteroatoms. The fourth-order valence-corrected chi connectivity index (χ4v) is 2.15. The molecule has 20 heavy (non-hydrogen) atoms. The van der Waals surface area contributed by atoms with Crippen molar-refractivity contribution in [2.45, 2.75) is 12.8 Å². The van der Waals surface area contributed by atoms with Gasteiger partial charge in [0, 0.05) is 25.2 Å². The van der Waals surface area contributed by atoms with Gasteiger partial charge in [0.05, 0.1) is 0 Å². The quantitative estimate of drug-likeness (QED) is 0.899.